The Morgan fingerprint density at radius 1 is 1.22 bits per heavy atom. The van der Waals surface area contributed by atoms with Crippen LogP contribution in [-0.4, -0.2) is 33.0 Å². The summed E-state index contributed by atoms with van der Waals surface area (Å²) < 4.78 is 15.9. The standard InChI is InChI=1S/C29H30FN5O2/c1-18-6-5-9-23(12-18)32-28(36)26-24-17-34(29(37)21-7-3-4-8-21)15-19(2)27(24)35(33-26)16-20-10-11-25(30)22(13-20)14-31/h3-7,9-13,19H,8,14-17,31H2,1-2H3,(H,32,36). The van der Waals surface area contributed by atoms with Gasteiger partial charge in [-0.15, -0.1) is 0 Å². The fourth-order valence-electron chi connectivity index (χ4n) is 5.13. The summed E-state index contributed by atoms with van der Waals surface area (Å²) in [4.78, 5) is 28.5. The van der Waals surface area contributed by atoms with Crippen LogP contribution in [0.1, 0.15) is 57.7 Å². The van der Waals surface area contributed by atoms with Crippen molar-refractivity contribution in [2.45, 2.75) is 45.8 Å². The van der Waals surface area contributed by atoms with Gasteiger partial charge in [0.25, 0.3) is 5.91 Å². The Kier molecular flexibility index (Phi) is 6.76. The Labute approximate surface area is 215 Å². The second-order valence-corrected chi connectivity index (χ2v) is 9.73. The SMILES string of the molecule is Cc1cccc(NC(=O)c2nn(Cc3ccc(F)c(CN)c3)c3c2CN(C(=O)C2=CC=CC2)CC3C)c1. The van der Waals surface area contributed by atoms with Crippen LogP contribution in [-0.2, 0) is 24.4 Å². The van der Waals surface area contributed by atoms with Crippen LogP contribution in [0.25, 0.3) is 0 Å². The molecule has 8 heteroatoms. The van der Waals surface area contributed by atoms with Crippen LogP contribution < -0.4 is 11.1 Å². The third kappa shape index (κ3) is 4.97. The third-order valence-corrected chi connectivity index (χ3v) is 6.89. The summed E-state index contributed by atoms with van der Waals surface area (Å²) in [6, 6.07) is 12.4. The maximum atomic E-state index is 14.0. The number of rotatable bonds is 6. The number of benzene rings is 2. The van der Waals surface area contributed by atoms with Gasteiger partial charge >= 0.3 is 0 Å². The average molecular weight is 500 g/mol. The summed E-state index contributed by atoms with van der Waals surface area (Å²) in [6.07, 6.45) is 6.32. The number of nitrogens with zero attached hydrogens (tertiary/aromatic N) is 3. The van der Waals surface area contributed by atoms with E-state index in [9.17, 15) is 14.0 Å². The van der Waals surface area contributed by atoms with Crippen LogP contribution in [0.5, 0.6) is 0 Å². The Hall–Kier alpha value is -4.04. The molecule has 0 spiro atoms. The van der Waals surface area contributed by atoms with Crippen LogP contribution in [0.2, 0.25) is 0 Å². The van der Waals surface area contributed by atoms with Gasteiger partial charge in [0, 0.05) is 47.1 Å². The molecule has 0 fully saturated rings. The van der Waals surface area contributed by atoms with Crippen molar-refractivity contribution >= 4 is 17.5 Å². The van der Waals surface area contributed by atoms with Crippen LogP contribution in [0.3, 0.4) is 0 Å². The van der Waals surface area contributed by atoms with Gasteiger partial charge in [-0.2, -0.15) is 5.10 Å². The first-order chi connectivity index (χ1) is 17.8. The number of halogens is 1. The van der Waals surface area contributed by atoms with Crippen LogP contribution >= 0.6 is 0 Å². The highest BCUT2D eigenvalue weighted by Crippen LogP contribution is 2.33. The first-order valence-corrected chi connectivity index (χ1v) is 12.4. The summed E-state index contributed by atoms with van der Waals surface area (Å²) in [7, 11) is 0. The fourth-order valence-corrected chi connectivity index (χ4v) is 5.13. The van der Waals surface area contributed by atoms with Crippen molar-refractivity contribution < 1.29 is 14.0 Å². The smallest absolute Gasteiger partial charge is 0.276 e. The first kappa shape index (κ1) is 24.6. The highest BCUT2D eigenvalue weighted by molar-refractivity contribution is 6.04. The topological polar surface area (TPSA) is 93.2 Å². The molecule has 1 aliphatic carbocycles. The number of fused-ring (bicyclic) bond motifs is 1. The molecular weight excluding hydrogens is 469 g/mol. The molecule has 1 unspecified atom stereocenters. The Morgan fingerprint density at radius 3 is 2.78 bits per heavy atom. The van der Waals surface area contributed by atoms with E-state index in [0.29, 0.717) is 43.0 Å². The highest BCUT2D eigenvalue weighted by Gasteiger charge is 2.35. The number of anilines is 1. The lowest BCUT2D eigenvalue weighted by atomic mass is 9.95. The number of hydrogen-bond acceptors (Lipinski definition) is 4. The molecule has 190 valence electrons. The minimum atomic E-state index is -0.342. The molecule has 5 rings (SSSR count). The van der Waals surface area contributed by atoms with Crippen LogP contribution in [0.15, 0.2) is 66.3 Å². The lowest BCUT2D eigenvalue weighted by molar-refractivity contribution is -0.128. The molecule has 2 aliphatic rings. The largest absolute Gasteiger partial charge is 0.334 e. The zero-order valence-corrected chi connectivity index (χ0v) is 21.0. The summed E-state index contributed by atoms with van der Waals surface area (Å²) in [5.41, 5.74) is 11.4. The summed E-state index contributed by atoms with van der Waals surface area (Å²) >= 11 is 0. The van der Waals surface area contributed by atoms with Gasteiger partial charge < -0.3 is 16.0 Å². The lowest BCUT2D eigenvalue weighted by Gasteiger charge is -2.32. The van der Waals surface area contributed by atoms with E-state index in [1.165, 1.54) is 6.07 Å². The van der Waals surface area contributed by atoms with Gasteiger partial charge in [-0.3, -0.25) is 14.3 Å². The molecule has 0 saturated heterocycles. The van der Waals surface area contributed by atoms with Gasteiger partial charge in [0.15, 0.2) is 5.69 Å². The van der Waals surface area contributed by atoms with E-state index in [1.807, 2.05) is 61.0 Å². The number of aryl methyl sites for hydroxylation is 1. The molecule has 2 aromatic carbocycles. The number of nitrogens with two attached hydrogens (primary N) is 1. The second kappa shape index (κ2) is 10.1. The van der Waals surface area contributed by atoms with Crippen molar-refractivity contribution in [3.63, 3.8) is 0 Å². The highest BCUT2D eigenvalue weighted by atomic mass is 19.1. The molecule has 3 N–H and O–H groups in total. The van der Waals surface area contributed by atoms with Crippen molar-refractivity contribution in [1.29, 1.82) is 0 Å². The van der Waals surface area contributed by atoms with Crippen molar-refractivity contribution in [2.24, 2.45) is 5.73 Å². The van der Waals surface area contributed by atoms with E-state index in [4.69, 9.17) is 10.8 Å². The van der Waals surface area contributed by atoms with Gasteiger partial charge in [0.2, 0.25) is 5.91 Å². The van der Waals surface area contributed by atoms with E-state index in [-0.39, 0.29) is 30.1 Å². The fraction of sp³-hybridized carbons (Fsp3) is 0.276. The molecule has 3 aromatic rings. The predicted octanol–water partition coefficient (Wildman–Crippen LogP) is 4.42. The molecule has 0 saturated carbocycles. The molecular formula is C29H30FN5O2. The molecule has 7 nitrogen and oxygen atoms in total. The van der Waals surface area contributed by atoms with Crippen LogP contribution in [0.4, 0.5) is 10.1 Å². The molecule has 1 atom stereocenters. The third-order valence-electron chi connectivity index (χ3n) is 6.89. The zero-order valence-electron chi connectivity index (χ0n) is 21.0. The van der Waals surface area contributed by atoms with E-state index < -0.39 is 0 Å². The summed E-state index contributed by atoms with van der Waals surface area (Å²) in [6.45, 7) is 5.27. The van der Waals surface area contributed by atoms with Crippen molar-refractivity contribution in [3.8, 4) is 0 Å². The Balaban J connectivity index is 1.52. The molecule has 2 heterocycles. The summed E-state index contributed by atoms with van der Waals surface area (Å²) in [5, 5.41) is 7.70. The summed E-state index contributed by atoms with van der Waals surface area (Å²) in [5.74, 6) is -0.743. The predicted molar refractivity (Wildman–Crippen MR) is 140 cm³/mol. The van der Waals surface area contributed by atoms with Gasteiger partial charge in [-0.25, -0.2) is 4.39 Å². The quantitative estimate of drug-likeness (QED) is 0.525. The number of carbonyl (C=O) groups is 2. The number of nitrogens with one attached hydrogen (secondary N) is 1. The average Bonchev–Trinajstić information content (AvgIpc) is 3.54. The van der Waals surface area contributed by atoms with Crippen LogP contribution in [0, 0.1) is 12.7 Å². The molecule has 1 aliphatic heterocycles. The maximum Gasteiger partial charge on any atom is 0.276 e. The number of carbonyl (C=O) groups excluding carboxylic acids is 2. The van der Waals surface area contributed by atoms with Crippen molar-refractivity contribution in [2.75, 3.05) is 11.9 Å². The monoisotopic (exact) mass is 499 g/mol. The molecule has 0 bridgehead atoms. The number of hydrogen-bond donors (Lipinski definition) is 2. The first-order valence-electron chi connectivity index (χ1n) is 12.4. The minimum Gasteiger partial charge on any atom is -0.334 e. The minimum absolute atomic E-state index is 0.0218. The Bertz CT molecular complexity index is 1440. The molecule has 1 aromatic heterocycles. The van der Waals surface area contributed by atoms with Gasteiger partial charge in [0.05, 0.1) is 13.1 Å². The zero-order chi connectivity index (χ0) is 26.1. The second-order valence-electron chi connectivity index (χ2n) is 9.73. The van der Waals surface area contributed by atoms with E-state index in [0.717, 1.165) is 28.0 Å². The molecule has 37 heavy (non-hydrogen) atoms. The number of allylic oxidation sites excluding steroid dienone is 3. The van der Waals surface area contributed by atoms with Gasteiger partial charge in [-0.1, -0.05) is 43.4 Å². The molecule has 2 amide bonds. The van der Waals surface area contributed by atoms with E-state index in [2.05, 4.69) is 5.32 Å². The van der Waals surface area contributed by atoms with Crippen molar-refractivity contribution in [1.82, 2.24) is 14.7 Å². The van der Waals surface area contributed by atoms with Crippen molar-refractivity contribution in [3.05, 3.63) is 106 Å². The lowest BCUT2D eigenvalue weighted by Crippen LogP contribution is -2.39. The Morgan fingerprint density at radius 2 is 2.05 bits per heavy atom. The van der Waals surface area contributed by atoms with Gasteiger partial charge in [-0.05, 0) is 48.7 Å². The van der Waals surface area contributed by atoms with E-state index >= 15 is 0 Å². The van der Waals surface area contributed by atoms with Gasteiger partial charge in [0.1, 0.15) is 5.82 Å². The normalized spacial score (nSPS) is 16.5. The number of aromatic nitrogens is 2. The van der Waals surface area contributed by atoms with E-state index in [1.54, 1.807) is 17.0 Å². The molecule has 0 radical (unpaired) electrons. The maximum absolute atomic E-state index is 14.0. The number of amides is 2.